The first-order valence-electron chi connectivity index (χ1n) is 6.76. The van der Waals surface area contributed by atoms with Crippen molar-refractivity contribution in [2.75, 3.05) is 7.11 Å². The van der Waals surface area contributed by atoms with Gasteiger partial charge in [-0.1, -0.05) is 6.07 Å². The summed E-state index contributed by atoms with van der Waals surface area (Å²) in [6.07, 6.45) is 0. The molecule has 0 saturated heterocycles. The van der Waals surface area contributed by atoms with Crippen molar-refractivity contribution in [1.82, 2.24) is 4.72 Å². The van der Waals surface area contributed by atoms with Crippen LogP contribution in [-0.2, 0) is 14.8 Å². The van der Waals surface area contributed by atoms with Gasteiger partial charge in [0.1, 0.15) is 9.77 Å². The number of sulfonamides is 1. The predicted molar refractivity (Wildman–Crippen MR) is 96.5 cm³/mol. The highest BCUT2D eigenvalue weighted by molar-refractivity contribution is 7.89. The number of carbonyl (C=O) groups is 1. The zero-order valence-corrected chi connectivity index (χ0v) is 15.7. The molecule has 3 heterocycles. The maximum Gasteiger partial charge on any atom is 0.349 e. The Morgan fingerprint density at radius 3 is 2.62 bits per heavy atom. The summed E-state index contributed by atoms with van der Waals surface area (Å²) >= 11 is 4.01. The average molecular weight is 400 g/mol. The van der Waals surface area contributed by atoms with Gasteiger partial charge in [0.05, 0.1) is 13.2 Å². The molecule has 0 fully saturated rings. The Bertz CT molecular complexity index is 877. The molecule has 1 N–H and O–H groups in total. The Hall–Kier alpha value is -1.52. The van der Waals surface area contributed by atoms with E-state index < -0.39 is 22.0 Å². The molecule has 0 aliphatic heterocycles. The molecule has 3 aromatic heterocycles. The topological polar surface area (TPSA) is 72.5 Å². The highest BCUT2D eigenvalue weighted by atomic mass is 32.2. The molecule has 9 heteroatoms. The standard InChI is InChI=1S/C15H13NO4S4/c1-20-15(17)14-12(5-8-23-14)24(18,19)16-13(10-4-7-21-9-10)11-3-2-6-22-11/h2-9,13,16H,1H3. The Kier molecular flexibility index (Phi) is 5.16. The fourth-order valence-electron chi connectivity index (χ4n) is 2.15. The SMILES string of the molecule is COC(=O)c1sccc1S(=O)(=O)NC(c1ccsc1)c1cccs1. The number of methoxy groups -OCH3 is 1. The van der Waals surface area contributed by atoms with Crippen molar-refractivity contribution in [3.05, 3.63) is 61.1 Å². The highest BCUT2D eigenvalue weighted by Crippen LogP contribution is 2.31. The maximum atomic E-state index is 12.8. The van der Waals surface area contributed by atoms with Gasteiger partial charge >= 0.3 is 5.97 Å². The van der Waals surface area contributed by atoms with Gasteiger partial charge in [-0.25, -0.2) is 13.2 Å². The summed E-state index contributed by atoms with van der Waals surface area (Å²) in [4.78, 5) is 12.7. The molecule has 0 spiro atoms. The molecule has 0 saturated carbocycles. The third-order valence-electron chi connectivity index (χ3n) is 3.27. The van der Waals surface area contributed by atoms with E-state index in [1.54, 1.807) is 5.38 Å². The number of hydrogen-bond donors (Lipinski definition) is 1. The first kappa shape index (κ1) is 17.3. The minimum atomic E-state index is -3.88. The molecule has 0 radical (unpaired) electrons. The normalized spacial score (nSPS) is 12.9. The molecule has 3 rings (SSSR count). The molecule has 0 aliphatic carbocycles. The Balaban J connectivity index is 1.98. The Morgan fingerprint density at radius 1 is 1.17 bits per heavy atom. The van der Waals surface area contributed by atoms with Crippen LogP contribution in [0.5, 0.6) is 0 Å². The molecule has 1 atom stereocenters. The minimum Gasteiger partial charge on any atom is -0.465 e. The number of esters is 1. The van der Waals surface area contributed by atoms with Crippen LogP contribution in [0.2, 0.25) is 0 Å². The van der Waals surface area contributed by atoms with Gasteiger partial charge in [-0.15, -0.1) is 22.7 Å². The van der Waals surface area contributed by atoms with Crippen LogP contribution in [0.4, 0.5) is 0 Å². The number of hydrogen-bond acceptors (Lipinski definition) is 7. The number of thiophene rings is 3. The van der Waals surface area contributed by atoms with Gasteiger partial charge in [-0.05, 0) is 45.3 Å². The molecule has 3 aromatic rings. The monoisotopic (exact) mass is 399 g/mol. The van der Waals surface area contributed by atoms with Crippen LogP contribution in [0, 0.1) is 0 Å². The summed E-state index contributed by atoms with van der Waals surface area (Å²) in [5, 5.41) is 7.26. The summed E-state index contributed by atoms with van der Waals surface area (Å²) in [7, 11) is -2.66. The van der Waals surface area contributed by atoms with Crippen LogP contribution < -0.4 is 4.72 Å². The van der Waals surface area contributed by atoms with Gasteiger partial charge in [-0.2, -0.15) is 16.1 Å². The van der Waals surface area contributed by atoms with Gasteiger partial charge in [0.15, 0.2) is 0 Å². The molecule has 1 unspecified atom stereocenters. The maximum absolute atomic E-state index is 12.8. The largest absolute Gasteiger partial charge is 0.465 e. The molecule has 0 aliphatic rings. The molecule has 126 valence electrons. The Morgan fingerprint density at radius 2 is 2.00 bits per heavy atom. The van der Waals surface area contributed by atoms with E-state index in [0.29, 0.717) is 0 Å². The quantitative estimate of drug-likeness (QED) is 0.641. The molecular formula is C15H13NO4S4. The third kappa shape index (κ3) is 3.45. The van der Waals surface area contributed by atoms with E-state index in [1.807, 2.05) is 34.3 Å². The van der Waals surface area contributed by atoms with Gasteiger partial charge in [0, 0.05) is 4.88 Å². The van der Waals surface area contributed by atoms with Crippen LogP contribution in [-0.4, -0.2) is 21.5 Å². The average Bonchev–Trinajstić information content (AvgIpc) is 3.34. The molecule has 24 heavy (non-hydrogen) atoms. The fraction of sp³-hybridized carbons (Fsp3) is 0.133. The smallest absolute Gasteiger partial charge is 0.349 e. The summed E-state index contributed by atoms with van der Waals surface area (Å²) in [6.45, 7) is 0. The van der Waals surface area contributed by atoms with Crippen LogP contribution in [0.1, 0.15) is 26.2 Å². The van der Waals surface area contributed by atoms with E-state index in [1.165, 1.54) is 35.8 Å². The molecular weight excluding hydrogens is 386 g/mol. The van der Waals surface area contributed by atoms with Crippen molar-refractivity contribution >= 4 is 50.0 Å². The van der Waals surface area contributed by atoms with E-state index in [9.17, 15) is 13.2 Å². The van der Waals surface area contributed by atoms with Crippen LogP contribution in [0.25, 0.3) is 0 Å². The first-order valence-corrected chi connectivity index (χ1v) is 10.9. The van der Waals surface area contributed by atoms with E-state index >= 15 is 0 Å². The van der Waals surface area contributed by atoms with Crippen LogP contribution >= 0.6 is 34.0 Å². The van der Waals surface area contributed by atoms with Crippen molar-refractivity contribution < 1.29 is 17.9 Å². The van der Waals surface area contributed by atoms with Crippen molar-refractivity contribution in [2.24, 2.45) is 0 Å². The van der Waals surface area contributed by atoms with Crippen molar-refractivity contribution in [2.45, 2.75) is 10.9 Å². The van der Waals surface area contributed by atoms with E-state index in [0.717, 1.165) is 21.8 Å². The summed E-state index contributed by atoms with van der Waals surface area (Å²) in [5.41, 5.74) is 0.862. The zero-order valence-electron chi connectivity index (χ0n) is 12.5. The second-order valence-corrected chi connectivity index (χ2v) is 9.09. The van der Waals surface area contributed by atoms with E-state index in [-0.39, 0.29) is 9.77 Å². The van der Waals surface area contributed by atoms with E-state index in [4.69, 9.17) is 0 Å². The lowest BCUT2D eigenvalue weighted by molar-refractivity contribution is 0.0602. The number of carbonyl (C=O) groups excluding carboxylic acids is 1. The molecule has 0 aromatic carbocycles. The van der Waals surface area contributed by atoms with Crippen LogP contribution in [0.3, 0.4) is 0 Å². The molecule has 0 bridgehead atoms. The third-order valence-corrected chi connectivity index (χ3v) is 7.39. The summed E-state index contributed by atoms with van der Waals surface area (Å²) in [5.74, 6) is -0.659. The van der Waals surface area contributed by atoms with E-state index in [2.05, 4.69) is 9.46 Å². The second-order valence-electron chi connectivity index (χ2n) is 4.73. The highest BCUT2D eigenvalue weighted by Gasteiger charge is 2.29. The Labute approximate surface area is 151 Å². The lowest BCUT2D eigenvalue weighted by atomic mass is 10.1. The van der Waals surface area contributed by atoms with Gasteiger partial charge in [-0.3, -0.25) is 0 Å². The van der Waals surface area contributed by atoms with Gasteiger partial charge < -0.3 is 4.74 Å². The minimum absolute atomic E-state index is 0.0591. The predicted octanol–water partition coefficient (Wildman–Crippen LogP) is 3.73. The molecule has 0 amide bonds. The van der Waals surface area contributed by atoms with Gasteiger partial charge in [0.25, 0.3) is 0 Å². The molecule has 5 nitrogen and oxygen atoms in total. The summed E-state index contributed by atoms with van der Waals surface area (Å²) in [6, 6.07) is 6.56. The number of rotatable bonds is 6. The van der Waals surface area contributed by atoms with Crippen molar-refractivity contribution in [3.8, 4) is 0 Å². The fourth-order valence-corrected chi connectivity index (χ4v) is 6.26. The van der Waals surface area contributed by atoms with Crippen molar-refractivity contribution in [3.63, 3.8) is 0 Å². The first-order chi connectivity index (χ1) is 11.5. The lowest BCUT2D eigenvalue weighted by Crippen LogP contribution is -2.29. The van der Waals surface area contributed by atoms with Crippen molar-refractivity contribution in [1.29, 1.82) is 0 Å². The number of ether oxygens (including phenoxy) is 1. The lowest BCUT2D eigenvalue weighted by Gasteiger charge is -2.16. The number of nitrogens with one attached hydrogen (secondary N) is 1. The van der Waals surface area contributed by atoms with Gasteiger partial charge in [0.2, 0.25) is 10.0 Å². The summed E-state index contributed by atoms with van der Waals surface area (Å²) < 4.78 is 33.0. The zero-order chi connectivity index (χ0) is 17.2. The van der Waals surface area contributed by atoms with Crippen LogP contribution in [0.15, 0.2) is 50.7 Å². The second kappa shape index (κ2) is 7.16.